The SMILES string of the molecule is CCN(Cc1cccc(F)c1)C(=O)c1cccc([N+](=O)[O-])c1C. The van der Waals surface area contributed by atoms with Crippen LogP contribution in [0.4, 0.5) is 10.1 Å². The average Bonchev–Trinajstić information content (AvgIpc) is 2.52. The second-order valence-corrected chi connectivity index (χ2v) is 5.16. The summed E-state index contributed by atoms with van der Waals surface area (Å²) in [5, 5.41) is 11.0. The van der Waals surface area contributed by atoms with E-state index < -0.39 is 4.92 Å². The highest BCUT2D eigenvalue weighted by atomic mass is 19.1. The molecule has 2 aromatic rings. The Kier molecular flexibility index (Phi) is 5.05. The number of hydrogen-bond donors (Lipinski definition) is 0. The molecule has 0 aliphatic rings. The van der Waals surface area contributed by atoms with Gasteiger partial charge in [0.05, 0.1) is 4.92 Å². The van der Waals surface area contributed by atoms with Crippen LogP contribution in [0.2, 0.25) is 0 Å². The number of rotatable bonds is 5. The molecule has 0 radical (unpaired) electrons. The molecule has 0 aromatic heterocycles. The van der Waals surface area contributed by atoms with Crippen LogP contribution in [0.3, 0.4) is 0 Å². The number of nitro groups is 1. The van der Waals surface area contributed by atoms with E-state index in [2.05, 4.69) is 0 Å². The summed E-state index contributed by atoms with van der Waals surface area (Å²) in [6.45, 7) is 4.03. The fraction of sp³-hybridized carbons (Fsp3) is 0.235. The fourth-order valence-electron chi connectivity index (χ4n) is 2.41. The molecule has 0 bridgehead atoms. The van der Waals surface area contributed by atoms with Gasteiger partial charge in [-0.15, -0.1) is 0 Å². The van der Waals surface area contributed by atoms with Crippen molar-refractivity contribution in [3.63, 3.8) is 0 Å². The monoisotopic (exact) mass is 316 g/mol. The van der Waals surface area contributed by atoms with Gasteiger partial charge in [0.15, 0.2) is 0 Å². The summed E-state index contributed by atoms with van der Waals surface area (Å²) in [6.07, 6.45) is 0. The molecular weight excluding hydrogens is 299 g/mol. The van der Waals surface area contributed by atoms with Crippen molar-refractivity contribution in [3.05, 3.63) is 75.1 Å². The van der Waals surface area contributed by atoms with Crippen LogP contribution in [-0.2, 0) is 6.54 Å². The molecule has 0 heterocycles. The number of nitro benzene ring substituents is 1. The minimum atomic E-state index is -0.505. The highest BCUT2D eigenvalue weighted by Crippen LogP contribution is 2.23. The predicted molar refractivity (Wildman–Crippen MR) is 84.6 cm³/mol. The van der Waals surface area contributed by atoms with E-state index in [1.54, 1.807) is 25.1 Å². The molecule has 2 rings (SSSR count). The molecule has 120 valence electrons. The Hall–Kier alpha value is -2.76. The highest BCUT2D eigenvalue weighted by molar-refractivity contribution is 5.96. The van der Waals surface area contributed by atoms with Crippen LogP contribution in [0.5, 0.6) is 0 Å². The molecular formula is C17H17FN2O3. The Morgan fingerprint density at radius 3 is 2.57 bits per heavy atom. The lowest BCUT2D eigenvalue weighted by molar-refractivity contribution is -0.385. The zero-order valence-electron chi connectivity index (χ0n) is 13.0. The minimum absolute atomic E-state index is 0.0855. The van der Waals surface area contributed by atoms with Gasteiger partial charge in [-0.25, -0.2) is 4.39 Å². The Morgan fingerprint density at radius 2 is 1.96 bits per heavy atom. The summed E-state index contributed by atoms with van der Waals surface area (Å²) >= 11 is 0. The molecule has 6 heteroatoms. The largest absolute Gasteiger partial charge is 0.335 e. The molecule has 0 saturated heterocycles. The van der Waals surface area contributed by atoms with E-state index in [-0.39, 0.29) is 29.5 Å². The summed E-state index contributed by atoms with van der Waals surface area (Å²) in [5.74, 6) is -0.671. The summed E-state index contributed by atoms with van der Waals surface area (Å²) in [5.41, 5.74) is 1.21. The second-order valence-electron chi connectivity index (χ2n) is 5.16. The quantitative estimate of drug-likeness (QED) is 0.624. The smallest absolute Gasteiger partial charge is 0.273 e. The summed E-state index contributed by atoms with van der Waals surface area (Å²) < 4.78 is 13.3. The Balaban J connectivity index is 2.30. The van der Waals surface area contributed by atoms with Crippen LogP contribution < -0.4 is 0 Å². The number of nitrogens with zero attached hydrogens (tertiary/aromatic N) is 2. The zero-order valence-corrected chi connectivity index (χ0v) is 13.0. The molecule has 0 atom stereocenters. The molecule has 1 amide bonds. The van der Waals surface area contributed by atoms with E-state index in [4.69, 9.17) is 0 Å². The number of carbonyl (C=O) groups is 1. The van der Waals surface area contributed by atoms with Gasteiger partial charge in [-0.2, -0.15) is 0 Å². The van der Waals surface area contributed by atoms with Crippen LogP contribution in [0.1, 0.15) is 28.4 Å². The molecule has 0 saturated carbocycles. The van der Waals surface area contributed by atoms with E-state index >= 15 is 0 Å². The van der Waals surface area contributed by atoms with E-state index in [0.717, 1.165) is 0 Å². The van der Waals surface area contributed by atoms with Crippen molar-refractivity contribution in [1.82, 2.24) is 4.90 Å². The predicted octanol–water partition coefficient (Wildman–Crippen LogP) is 3.70. The zero-order chi connectivity index (χ0) is 17.0. The van der Waals surface area contributed by atoms with Gasteiger partial charge in [-0.3, -0.25) is 14.9 Å². The second kappa shape index (κ2) is 7.00. The molecule has 5 nitrogen and oxygen atoms in total. The molecule has 23 heavy (non-hydrogen) atoms. The first-order chi connectivity index (χ1) is 10.9. The van der Waals surface area contributed by atoms with E-state index in [9.17, 15) is 19.3 Å². The maximum absolute atomic E-state index is 13.3. The van der Waals surface area contributed by atoms with Crippen LogP contribution in [0, 0.1) is 22.9 Å². The molecule has 0 spiro atoms. The number of hydrogen-bond acceptors (Lipinski definition) is 3. The van der Waals surface area contributed by atoms with Gasteiger partial charge in [0.2, 0.25) is 0 Å². The van der Waals surface area contributed by atoms with Crippen molar-refractivity contribution < 1.29 is 14.1 Å². The fourth-order valence-corrected chi connectivity index (χ4v) is 2.41. The first-order valence-corrected chi connectivity index (χ1v) is 7.21. The van der Waals surface area contributed by atoms with Crippen LogP contribution in [0.25, 0.3) is 0 Å². The van der Waals surface area contributed by atoms with Crippen molar-refractivity contribution in [2.24, 2.45) is 0 Å². The molecule has 0 N–H and O–H groups in total. The third-order valence-electron chi connectivity index (χ3n) is 3.66. The number of halogens is 1. The van der Waals surface area contributed by atoms with Gasteiger partial charge >= 0.3 is 0 Å². The molecule has 0 unspecified atom stereocenters. The third-order valence-corrected chi connectivity index (χ3v) is 3.66. The number of carbonyl (C=O) groups excluding carboxylic acids is 1. The third kappa shape index (κ3) is 3.71. The van der Waals surface area contributed by atoms with E-state index in [1.165, 1.54) is 29.2 Å². The number of benzene rings is 2. The van der Waals surface area contributed by atoms with Crippen LogP contribution in [0.15, 0.2) is 42.5 Å². The first-order valence-electron chi connectivity index (χ1n) is 7.21. The van der Waals surface area contributed by atoms with Crippen molar-refractivity contribution in [2.45, 2.75) is 20.4 Å². The summed E-state index contributed by atoms with van der Waals surface area (Å²) in [6, 6.07) is 10.5. The topological polar surface area (TPSA) is 63.5 Å². The van der Waals surface area contributed by atoms with Crippen molar-refractivity contribution in [3.8, 4) is 0 Å². The van der Waals surface area contributed by atoms with Crippen LogP contribution >= 0.6 is 0 Å². The van der Waals surface area contributed by atoms with Gasteiger partial charge in [0, 0.05) is 30.3 Å². The molecule has 2 aromatic carbocycles. The maximum atomic E-state index is 13.3. The Labute approximate surface area is 133 Å². The van der Waals surface area contributed by atoms with Gasteiger partial charge in [-0.05, 0) is 37.6 Å². The standard InChI is InChI=1S/C17H17FN2O3/c1-3-19(11-13-6-4-7-14(18)10-13)17(21)15-8-5-9-16(12(15)2)20(22)23/h4-10H,3,11H2,1-2H3. The lowest BCUT2D eigenvalue weighted by atomic mass is 10.1. The van der Waals surface area contributed by atoms with Gasteiger partial charge in [0.25, 0.3) is 11.6 Å². The lowest BCUT2D eigenvalue weighted by Crippen LogP contribution is -2.31. The van der Waals surface area contributed by atoms with Gasteiger partial charge < -0.3 is 4.90 Å². The molecule has 0 aliphatic carbocycles. The van der Waals surface area contributed by atoms with E-state index in [1.807, 2.05) is 6.92 Å². The summed E-state index contributed by atoms with van der Waals surface area (Å²) in [4.78, 5) is 24.7. The average molecular weight is 316 g/mol. The normalized spacial score (nSPS) is 10.4. The minimum Gasteiger partial charge on any atom is -0.335 e. The Bertz CT molecular complexity index is 746. The summed E-state index contributed by atoms with van der Waals surface area (Å²) in [7, 11) is 0. The van der Waals surface area contributed by atoms with Crippen molar-refractivity contribution >= 4 is 11.6 Å². The molecule has 0 fully saturated rings. The number of amides is 1. The first kappa shape index (κ1) is 16.6. The van der Waals surface area contributed by atoms with Gasteiger partial charge in [0.1, 0.15) is 5.82 Å². The van der Waals surface area contributed by atoms with Crippen molar-refractivity contribution in [1.29, 1.82) is 0 Å². The Morgan fingerprint density at radius 1 is 1.26 bits per heavy atom. The van der Waals surface area contributed by atoms with Crippen molar-refractivity contribution in [2.75, 3.05) is 6.54 Å². The van der Waals surface area contributed by atoms with Gasteiger partial charge in [-0.1, -0.05) is 18.2 Å². The van der Waals surface area contributed by atoms with E-state index in [0.29, 0.717) is 17.7 Å². The highest BCUT2D eigenvalue weighted by Gasteiger charge is 2.21. The maximum Gasteiger partial charge on any atom is 0.273 e. The van der Waals surface area contributed by atoms with Crippen LogP contribution in [-0.4, -0.2) is 22.3 Å². The lowest BCUT2D eigenvalue weighted by Gasteiger charge is -2.22. The molecule has 0 aliphatic heterocycles.